The lowest BCUT2D eigenvalue weighted by Gasteiger charge is -2.32. The molecule has 3 nitrogen and oxygen atoms in total. The van der Waals surface area contributed by atoms with Gasteiger partial charge in [-0.15, -0.1) is 0 Å². The molecule has 4 rings (SSSR count). The standard InChI is InChI=1S/C19H20N2O/c1-13-7-9-20-11-18(13)16-5-3-4-15-6-8-19(10-17(15)16)12-22-14(2)21-19/h3-5,7,9,11H,6,8,10,12H2,1-2H3/t19-/m1/s1. The molecule has 1 aliphatic carbocycles. The van der Waals surface area contributed by atoms with Crippen LogP contribution in [-0.4, -0.2) is 23.0 Å². The Morgan fingerprint density at radius 1 is 1.14 bits per heavy atom. The minimum atomic E-state index is -0.0523. The zero-order valence-corrected chi connectivity index (χ0v) is 13.1. The summed E-state index contributed by atoms with van der Waals surface area (Å²) in [6.45, 7) is 4.83. The topological polar surface area (TPSA) is 34.5 Å². The number of pyridine rings is 1. The maximum Gasteiger partial charge on any atom is 0.180 e. The van der Waals surface area contributed by atoms with Crippen molar-refractivity contribution < 1.29 is 4.74 Å². The molecule has 0 bridgehead atoms. The maximum absolute atomic E-state index is 5.67. The zero-order chi connectivity index (χ0) is 15.2. The van der Waals surface area contributed by atoms with E-state index in [1.54, 1.807) is 0 Å². The second-order valence-electron chi connectivity index (χ2n) is 6.45. The van der Waals surface area contributed by atoms with Crippen molar-refractivity contribution in [1.29, 1.82) is 0 Å². The molecular formula is C19H20N2O. The minimum Gasteiger partial charge on any atom is -0.479 e. The van der Waals surface area contributed by atoms with Gasteiger partial charge in [-0.2, -0.15) is 0 Å². The van der Waals surface area contributed by atoms with Gasteiger partial charge in [0.2, 0.25) is 0 Å². The molecule has 2 aromatic rings. The lowest BCUT2D eigenvalue weighted by molar-refractivity contribution is 0.236. The van der Waals surface area contributed by atoms with E-state index >= 15 is 0 Å². The van der Waals surface area contributed by atoms with Gasteiger partial charge >= 0.3 is 0 Å². The van der Waals surface area contributed by atoms with E-state index in [4.69, 9.17) is 9.73 Å². The van der Waals surface area contributed by atoms with Gasteiger partial charge in [0, 0.05) is 31.3 Å². The number of nitrogens with zero attached hydrogens (tertiary/aromatic N) is 2. The van der Waals surface area contributed by atoms with Crippen molar-refractivity contribution >= 4 is 5.90 Å². The quantitative estimate of drug-likeness (QED) is 0.802. The largest absolute Gasteiger partial charge is 0.479 e. The normalized spacial score (nSPS) is 23.1. The highest BCUT2D eigenvalue weighted by Gasteiger charge is 2.39. The van der Waals surface area contributed by atoms with Crippen molar-refractivity contribution in [3.05, 3.63) is 53.3 Å². The second kappa shape index (κ2) is 4.94. The Labute approximate surface area is 131 Å². The summed E-state index contributed by atoms with van der Waals surface area (Å²) in [5, 5.41) is 0. The van der Waals surface area contributed by atoms with E-state index in [1.165, 1.54) is 27.8 Å². The first-order valence-electron chi connectivity index (χ1n) is 7.88. The molecule has 0 unspecified atom stereocenters. The summed E-state index contributed by atoms with van der Waals surface area (Å²) in [7, 11) is 0. The predicted octanol–water partition coefficient (Wildman–Crippen LogP) is 3.73. The summed E-state index contributed by atoms with van der Waals surface area (Å²) in [5.41, 5.74) is 6.63. The molecule has 0 saturated carbocycles. The number of rotatable bonds is 1. The predicted molar refractivity (Wildman–Crippen MR) is 88.2 cm³/mol. The number of hydrogen-bond donors (Lipinski definition) is 0. The summed E-state index contributed by atoms with van der Waals surface area (Å²) in [6.07, 6.45) is 6.94. The van der Waals surface area contributed by atoms with Crippen molar-refractivity contribution in [1.82, 2.24) is 4.98 Å². The fraction of sp³-hybridized carbons (Fsp3) is 0.368. The maximum atomic E-state index is 5.67. The Kier molecular flexibility index (Phi) is 3.03. The fourth-order valence-electron chi connectivity index (χ4n) is 3.72. The highest BCUT2D eigenvalue weighted by Crippen LogP contribution is 2.39. The van der Waals surface area contributed by atoms with Crippen LogP contribution in [0.1, 0.15) is 30.0 Å². The van der Waals surface area contributed by atoms with Gasteiger partial charge in [-0.05, 0) is 48.1 Å². The molecule has 0 amide bonds. The summed E-state index contributed by atoms with van der Waals surface area (Å²) in [6, 6.07) is 8.71. The average molecular weight is 292 g/mol. The molecule has 0 saturated heterocycles. The summed E-state index contributed by atoms with van der Waals surface area (Å²) >= 11 is 0. The van der Waals surface area contributed by atoms with Crippen molar-refractivity contribution in [3.8, 4) is 11.1 Å². The van der Waals surface area contributed by atoms with E-state index in [2.05, 4.69) is 36.2 Å². The van der Waals surface area contributed by atoms with Crippen LogP contribution in [0.2, 0.25) is 0 Å². The Hall–Kier alpha value is -2.16. The van der Waals surface area contributed by atoms with Crippen molar-refractivity contribution in [2.45, 2.75) is 38.6 Å². The molecular weight excluding hydrogens is 272 g/mol. The van der Waals surface area contributed by atoms with Crippen LogP contribution in [0.5, 0.6) is 0 Å². The third-order valence-corrected chi connectivity index (χ3v) is 4.91. The molecule has 0 fully saturated rings. The number of ether oxygens (including phenoxy) is 1. The van der Waals surface area contributed by atoms with Gasteiger partial charge in [-0.1, -0.05) is 18.2 Å². The Morgan fingerprint density at radius 2 is 2.05 bits per heavy atom. The molecule has 3 heteroatoms. The van der Waals surface area contributed by atoms with E-state index in [0.29, 0.717) is 0 Å². The molecule has 1 spiro atoms. The molecule has 1 atom stereocenters. The highest BCUT2D eigenvalue weighted by molar-refractivity contribution is 5.76. The number of aryl methyl sites for hydroxylation is 2. The van der Waals surface area contributed by atoms with Gasteiger partial charge in [0.25, 0.3) is 0 Å². The SMILES string of the molecule is CC1=N[C@@]2(CCc3cccc(-c4cnccc4C)c3C2)CO1. The van der Waals surface area contributed by atoms with E-state index in [0.717, 1.165) is 31.8 Å². The molecule has 2 heterocycles. The first-order chi connectivity index (χ1) is 10.7. The summed E-state index contributed by atoms with van der Waals surface area (Å²) in [4.78, 5) is 9.13. The van der Waals surface area contributed by atoms with Crippen LogP contribution >= 0.6 is 0 Å². The van der Waals surface area contributed by atoms with Crippen LogP contribution in [0.4, 0.5) is 0 Å². The molecule has 0 N–H and O–H groups in total. The molecule has 22 heavy (non-hydrogen) atoms. The Morgan fingerprint density at radius 3 is 2.82 bits per heavy atom. The number of fused-ring (bicyclic) bond motifs is 1. The third kappa shape index (κ3) is 2.12. The lowest BCUT2D eigenvalue weighted by atomic mass is 9.76. The summed E-state index contributed by atoms with van der Waals surface area (Å²) < 4.78 is 5.67. The number of aliphatic imine (C=N–C) groups is 1. The fourth-order valence-corrected chi connectivity index (χ4v) is 3.72. The minimum absolute atomic E-state index is 0.0523. The van der Waals surface area contributed by atoms with Gasteiger partial charge in [0.1, 0.15) is 12.1 Å². The van der Waals surface area contributed by atoms with Gasteiger partial charge in [0.15, 0.2) is 5.90 Å². The molecule has 2 aliphatic rings. The zero-order valence-electron chi connectivity index (χ0n) is 13.1. The Bertz CT molecular complexity index is 766. The first kappa shape index (κ1) is 13.5. The van der Waals surface area contributed by atoms with E-state index < -0.39 is 0 Å². The van der Waals surface area contributed by atoms with Gasteiger partial charge < -0.3 is 4.74 Å². The van der Waals surface area contributed by atoms with Crippen LogP contribution in [0.25, 0.3) is 11.1 Å². The van der Waals surface area contributed by atoms with Crippen LogP contribution in [-0.2, 0) is 17.6 Å². The van der Waals surface area contributed by atoms with Crippen LogP contribution in [0, 0.1) is 6.92 Å². The van der Waals surface area contributed by atoms with Gasteiger partial charge in [0.05, 0.1) is 0 Å². The molecule has 1 aliphatic heterocycles. The Balaban J connectivity index is 1.83. The van der Waals surface area contributed by atoms with Crippen LogP contribution in [0.15, 0.2) is 41.7 Å². The molecule has 1 aromatic carbocycles. The van der Waals surface area contributed by atoms with E-state index in [1.807, 2.05) is 19.3 Å². The number of aromatic nitrogens is 1. The van der Waals surface area contributed by atoms with E-state index in [9.17, 15) is 0 Å². The van der Waals surface area contributed by atoms with Gasteiger partial charge in [-0.3, -0.25) is 4.98 Å². The molecule has 1 aromatic heterocycles. The first-order valence-corrected chi connectivity index (χ1v) is 7.88. The third-order valence-electron chi connectivity index (χ3n) is 4.91. The smallest absolute Gasteiger partial charge is 0.180 e. The molecule has 0 radical (unpaired) electrons. The monoisotopic (exact) mass is 292 g/mol. The highest BCUT2D eigenvalue weighted by atomic mass is 16.5. The van der Waals surface area contributed by atoms with Crippen molar-refractivity contribution in [2.75, 3.05) is 6.61 Å². The van der Waals surface area contributed by atoms with Gasteiger partial charge in [-0.25, -0.2) is 4.99 Å². The number of hydrogen-bond acceptors (Lipinski definition) is 3. The second-order valence-corrected chi connectivity index (χ2v) is 6.45. The average Bonchev–Trinajstić information content (AvgIpc) is 2.88. The lowest BCUT2D eigenvalue weighted by Crippen LogP contribution is -2.35. The van der Waals surface area contributed by atoms with Crippen LogP contribution < -0.4 is 0 Å². The van der Waals surface area contributed by atoms with Crippen molar-refractivity contribution in [2.24, 2.45) is 4.99 Å². The molecule has 112 valence electrons. The van der Waals surface area contributed by atoms with Crippen molar-refractivity contribution in [3.63, 3.8) is 0 Å². The number of benzene rings is 1. The van der Waals surface area contributed by atoms with E-state index in [-0.39, 0.29) is 5.54 Å². The van der Waals surface area contributed by atoms with Crippen LogP contribution in [0.3, 0.4) is 0 Å². The summed E-state index contributed by atoms with van der Waals surface area (Å²) in [5.74, 6) is 0.832.